The Bertz CT molecular complexity index is 606. The molecule has 2 aromatic rings. The third-order valence-corrected chi connectivity index (χ3v) is 2.92. The van der Waals surface area contributed by atoms with Gasteiger partial charge in [0, 0.05) is 12.7 Å². The summed E-state index contributed by atoms with van der Waals surface area (Å²) in [5.41, 5.74) is 2.39. The number of aliphatic imine (C=N–C) groups is 1. The monoisotopic (exact) mass is 282 g/mol. The Morgan fingerprint density at radius 2 is 1.81 bits per heavy atom. The molecule has 0 saturated carbocycles. The van der Waals surface area contributed by atoms with Crippen molar-refractivity contribution in [2.24, 2.45) is 4.99 Å². The van der Waals surface area contributed by atoms with E-state index in [1.165, 1.54) is 0 Å². The van der Waals surface area contributed by atoms with Crippen molar-refractivity contribution in [3.8, 4) is 0 Å². The van der Waals surface area contributed by atoms with Gasteiger partial charge in [0.05, 0.1) is 24.2 Å². The summed E-state index contributed by atoms with van der Waals surface area (Å²) in [5.74, 6) is -0.301. The van der Waals surface area contributed by atoms with Gasteiger partial charge in [-0.1, -0.05) is 18.2 Å². The van der Waals surface area contributed by atoms with Crippen LogP contribution in [0.15, 0.2) is 59.6 Å². The van der Waals surface area contributed by atoms with Gasteiger partial charge in [0.2, 0.25) is 0 Å². The second-order valence-electron chi connectivity index (χ2n) is 4.46. The highest BCUT2D eigenvalue weighted by Crippen LogP contribution is 2.15. The van der Waals surface area contributed by atoms with Gasteiger partial charge in [-0.3, -0.25) is 0 Å². The molecule has 0 aliphatic heterocycles. The summed E-state index contributed by atoms with van der Waals surface area (Å²) in [6.07, 6.45) is 1.74. The summed E-state index contributed by atoms with van der Waals surface area (Å²) < 4.78 is 4.95. The highest BCUT2D eigenvalue weighted by atomic mass is 16.5. The smallest absolute Gasteiger partial charge is 0.338 e. The maximum atomic E-state index is 11.6. The fraction of sp³-hybridized carbons (Fsp3) is 0.176. The lowest BCUT2D eigenvalue weighted by Gasteiger charge is -2.13. The molecule has 2 aromatic carbocycles. The van der Waals surface area contributed by atoms with E-state index in [1.807, 2.05) is 54.4 Å². The van der Waals surface area contributed by atoms with Crippen molar-refractivity contribution in [1.29, 1.82) is 0 Å². The van der Waals surface area contributed by atoms with Crippen molar-refractivity contribution in [1.82, 2.24) is 0 Å². The van der Waals surface area contributed by atoms with Crippen LogP contribution in [0.3, 0.4) is 0 Å². The van der Waals surface area contributed by atoms with Crippen LogP contribution in [0.1, 0.15) is 17.3 Å². The van der Waals surface area contributed by atoms with Crippen LogP contribution in [-0.4, -0.2) is 26.0 Å². The van der Waals surface area contributed by atoms with E-state index >= 15 is 0 Å². The summed E-state index contributed by atoms with van der Waals surface area (Å²) in [4.78, 5) is 17.8. The zero-order valence-electron chi connectivity index (χ0n) is 12.2. The lowest BCUT2D eigenvalue weighted by molar-refractivity contribution is 0.0526. The average Bonchev–Trinajstić information content (AvgIpc) is 2.54. The lowest BCUT2D eigenvalue weighted by atomic mass is 10.2. The van der Waals surface area contributed by atoms with Crippen LogP contribution in [0, 0.1) is 0 Å². The molecule has 108 valence electrons. The molecule has 0 bridgehead atoms. The van der Waals surface area contributed by atoms with Gasteiger partial charge >= 0.3 is 5.97 Å². The molecule has 0 spiro atoms. The van der Waals surface area contributed by atoms with Gasteiger partial charge < -0.3 is 9.64 Å². The first-order chi connectivity index (χ1) is 10.2. The highest BCUT2D eigenvalue weighted by molar-refractivity contribution is 5.90. The van der Waals surface area contributed by atoms with E-state index < -0.39 is 0 Å². The molecule has 0 aliphatic rings. The minimum absolute atomic E-state index is 0.301. The van der Waals surface area contributed by atoms with E-state index in [9.17, 15) is 4.79 Å². The maximum absolute atomic E-state index is 11.6. The Morgan fingerprint density at radius 3 is 2.43 bits per heavy atom. The molecule has 0 aromatic heterocycles. The number of anilines is 1. The molecule has 0 amide bonds. The second kappa shape index (κ2) is 7.24. The number of hydrogen-bond acceptors (Lipinski definition) is 3. The zero-order chi connectivity index (χ0) is 15.1. The number of para-hydroxylation sites is 1. The summed E-state index contributed by atoms with van der Waals surface area (Å²) in [6.45, 7) is 2.17. The van der Waals surface area contributed by atoms with Crippen molar-refractivity contribution in [2.45, 2.75) is 6.92 Å². The van der Waals surface area contributed by atoms with Crippen LogP contribution in [0.5, 0.6) is 0 Å². The van der Waals surface area contributed by atoms with Gasteiger partial charge in [0.25, 0.3) is 0 Å². The van der Waals surface area contributed by atoms with Crippen LogP contribution in [-0.2, 0) is 4.74 Å². The van der Waals surface area contributed by atoms with E-state index in [0.29, 0.717) is 12.2 Å². The van der Waals surface area contributed by atoms with Gasteiger partial charge in [0.15, 0.2) is 0 Å². The van der Waals surface area contributed by atoms with Crippen molar-refractivity contribution >= 4 is 23.7 Å². The van der Waals surface area contributed by atoms with E-state index in [0.717, 1.165) is 11.4 Å². The number of benzene rings is 2. The Kier molecular flexibility index (Phi) is 5.10. The first kappa shape index (κ1) is 14.8. The molecule has 21 heavy (non-hydrogen) atoms. The molecule has 0 unspecified atom stereocenters. The molecule has 0 heterocycles. The van der Waals surface area contributed by atoms with Crippen LogP contribution in [0.25, 0.3) is 0 Å². The minimum Gasteiger partial charge on any atom is -0.462 e. The molecule has 4 nitrogen and oxygen atoms in total. The average molecular weight is 282 g/mol. The first-order valence-electron chi connectivity index (χ1n) is 6.80. The number of ether oxygens (including phenoxy) is 1. The van der Waals surface area contributed by atoms with E-state index in [4.69, 9.17) is 4.74 Å². The molecular weight excluding hydrogens is 264 g/mol. The maximum Gasteiger partial charge on any atom is 0.338 e. The SMILES string of the molecule is CCOC(=O)c1ccc(N(C)C=Nc2ccccc2)cc1. The number of rotatable bonds is 5. The molecule has 0 radical (unpaired) electrons. The van der Waals surface area contributed by atoms with Crippen molar-refractivity contribution in [2.75, 3.05) is 18.6 Å². The minimum atomic E-state index is -0.301. The van der Waals surface area contributed by atoms with Crippen LogP contribution in [0.2, 0.25) is 0 Å². The van der Waals surface area contributed by atoms with E-state index in [-0.39, 0.29) is 5.97 Å². The number of esters is 1. The van der Waals surface area contributed by atoms with Gasteiger partial charge in [-0.2, -0.15) is 0 Å². The van der Waals surface area contributed by atoms with Gasteiger partial charge in [-0.15, -0.1) is 0 Å². The second-order valence-corrected chi connectivity index (χ2v) is 4.46. The molecule has 2 rings (SSSR count). The Hall–Kier alpha value is -2.62. The fourth-order valence-corrected chi connectivity index (χ4v) is 1.78. The van der Waals surface area contributed by atoms with Crippen LogP contribution < -0.4 is 4.90 Å². The van der Waals surface area contributed by atoms with Gasteiger partial charge in [0.1, 0.15) is 0 Å². The van der Waals surface area contributed by atoms with E-state index in [2.05, 4.69) is 4.99 Å². The predicted octanol–water partition coefficient (Wildman–Crippen LogP) is 3.66. The Balaban J connectivity index is 2.04. The van der Waals surface area contributed by atoms with Gasteiger partial charge in [-0.25, -0.2) is 9.79 Å². The van der Waals surface area contributed by atoms with Crippen molar-refractivity contribution < 1.29 is 9.53 Å². The Morgan fingerprint density at radius 1 is 1.14 bits per heavy atom. The van der Waals surface area contributed by atoms with Gasteiger partial charge in [-0.05, 0) is 43.3 Å². The number of hydrogen-bond donors (Lipinski definition) is 0. The molecule has 0 aliphatic carbocycles. The summed E-state index contributed by atoms with van der Waals surface area (Å²) in [7, 11) is 1.91. The topological polar surface area (TPSA) is 41.9 Å². The summed E-state index contributed by atoms with van der Waals surface area (Å²) >= 11 is 0. The molecular formula is C17H18N2O2. The fourth-order valence-electron chi connectivity index (χ4n) is 1.78. The summed E-state index contributed by atoms with van der Waals surface area (Å²) in [6, 6.07) is 17.0. The molecule has 0 fully saturated rings. The normalized spacial score (nSPS) is 10.6. The molecule has 4 heteroatoms. The first-order valence-corrected chi connectivity index (χ1v) is 6.80. The zero-order valence-corrected chi connectivity index (χ0v) is 12.2. The third kappa shape index (κ3) is 4.18. The number of carbonyl (C=O) groups excluding carboxylic acids is 1. The Labute approximate surface area is 124 Å². The highest BCUT2D eigenvalue weighted by Gasteiger charge is 2.06. The quantitative estimate of drug-likeness (QED) is 0.477. The summed E-state index contributed by atoms with van der Waals surface area (Å²) in [5, 5.41) is 0. The van der Waals surface area contributed by atoms with Crippen molar-refractivity contribution in [3.63, 3.8) is 0 Å². The third-order valence-electron chi connectivity index (χ3n) is 2.92. The standard InChI is InChI=1S/C17H18N2O2/c1-3-21-17(20)14-9-11-16(12-10-14)19(2)13-18-15-7-5-4-6-8-15/h4-13H,3H2,1-2H3. The van der Waals surface area contributed by atoms with Crippen LogP contribution >= 0.6 is 0 Å². The van der Waals surface area contributed by atoms with Crippen LogP contribution in [0.4, 0.5) is 11.4 Å². The molecule has 0 N–H and O–H groups in total. The lowest BCUT2D eigenvalue weighted by Crippen LogP contribution is -2.14. The largest absolute Gasteiger partial charge is 0.462 e. The molecule has 0 saturated heterocycles. The number of nitrogens with zero attached hydrogens (tertiary/aromatic N) is 2. The number of carbonyl (C=O) groups is 1. The van der Waals surface area contributed by atoms with E-state index in [1.54, 1.807) is 25.4 Å². The predicted molar refractivity (Wildman–Crippen MR) is 85.4 cm³/mol. The van der Waals surface area contributed by atoms with Crippen molar-refractivity contribution in [3.05, 3.63) is 60.2 Å². The molecule has 0 atom stereocenters.